The summed E-state index contributed by atoms with van der Waals surface area (Å²) in [7, 11) is 0. The number of ether oxygens (including phenoxy) is 3. The van der Waals surface area contributed by atoms with E-state index in [1.807, 2.05) is 49.4 Å². The van der Waals surface area contributed by atoms with E-state index in [1.165, 1.54) is 11.3 Å². The van der Waals surface area contributed by atoms with Gasteiger partial charge in [-0.15, -0.1) is 0 Å². The second kappa shape index (κ2) is 13.7. The second-order valence-corrected chi connectivity index (χ2v) is 12.6. The zero-order valence-corrected chi connectivity index (χ0v) is 28.0. The Morgan fingerprint density at radius 3 is 2.51 bits per heavy atom. The third-order valence-electron chi connectivity index (χ3n) is 6.62. The van der Waals surface area contributed by atoms with Gasteiger partial charge in [0.15, 0.2) is 4.80 Å². The van der Waals surface area contributed by atoms with Gasteiger partial charge in [0.2, 0.25) is 0 Å². The fourth-order valence-electron chi connectivity index (χ4n) is 4.78. The molecule has 0 amide bonds. The Morgan fingerprint density at radius 2 is 1.81 bits per heavy atom. The molecule has 2 heterocycles. The lowest BCUT2D eigenvalue weighted by Gasteiger charge is -2.24. The van der Waals surface area contributed by atoms with Crippen LogP contribution in [0.3, 0.4) is 0 Å². The quantitative estimate of drug-likeness (QED) is 0.141. The van der Waals surface area contributed by atoms with Crippen molar-refractivity contribution >= 4 is 69.2 Å². The average molecular weight is 749 g/mol. The van der Waals surface area contributed by atoms with Gasteiger partial charge >= 0.3 is 5.97 Å². The summed E-state index contributed by atoms with van der Waals surface area (Å²) in [5.41, 5.74) is 2.79. The molecule has 1 aliphatic heterocycles. The molecule has 0 saturated heterocycles. The Hall–Kier alpha value is -3.12. The van der Waals surface area contributed by atoms with Crippen molar-refractivity contribution in [2.75, 3.05) is 13.2 Å². The summed E-state index contributed by atoms with van der Waals surface area (Å²) in [5, 5.41) is 1.12. The minimum atomic E-state index is -0.730. The maximum atomic E-state index is 14.1. The summed E-state index contributed by atoms with van der Waals surface area (Å²) >= 11 is 16.0. The number of aromatic nitrogens is 1. The van der Waals surface area contributed by atoms with Crippen LogP contribution in [0.1, 0.15) is 43.5 Å². The number of hydrogen-bond donors (Lipinski definition) is 0. The molecule has 11 heteroatoms. The van der Waals surface area contributed by atoms with E-state index >= 15 is 0 Å². The first kappa shape index (κ1) is 31.3. The van der Waals surface area contributed by atoms with Crippen LogP contribution in [0.4, 0.5) is 0 Å². The number of nitrogens with zero attached hydrogens (tertiary/aromatic N) is 2. The topological polar surface area (TPSA) is 79.1 Å². The zero-order valence-electron chi connectivity index (χ0n) is 23.5. The van der Waals surface area contributed by atoms with E-state index in [0.717, 1.165) is 14.7 Å². The second-order valence-electron chi connectivity index (χ2n) is 9.53. The first-order valence-electron chi connectivity index (χ1n) is 13.5. The normalized spacial score (nSPS) is 14.7. The summed E-state index contributed by atoms with van der Waals surface area (Å²) in [5.74, 6) is 0.762. The Morgan fingerprint density at radius 1 is 1.05 bits per heavy atom. The fourth-order valence-corrected chi connectivity index (χ4v) is 7.25. The molecule has 1 atom stereocenters. The van der Waals surface area contributed by atoms with Crippen LogP contribution < -0.4 is 24.4 Å². The van der Waals surface area contributed by atoms with E-state index in [4.69, 9.17) is 37.4 Å². The number of esters is 1. The van der Waals surface area contributed by atoms with Crippen molar-refractivity contribution in [3.63, 3.8) is 0 Å². The lowest BCUT2D eigenvalue weighted by molar-refractivity contribution is -0.139. The number of allylic oxidation sites excluding steroid dienone is 1. The van der Waals surface area contributed by atoms with E-state index in [0.29, 0.717) is 54.3 Å². The van der Waals surface area contributed by atoms with Crippen molar-refractivity contribution in [1.82, 2.24) is 4.57 Å². The number of benzene rings is 3. The maximum absolute atomic E-state index is 14.1. The molecule has 5 rings (SSSR count). The molecule has 4 aromatic rings. The molecule has 0 fully saturated rings. The molecule has 0 spiro atoms. The molecule has 3 aromatic carbocycles. The average Bonchev–Trinajstić information content (AvgIpc) is 3.26. The summed E-state index contributed by atoms with van der Waals surface area (Å²) in [6.45, 7) is 6.40. The third kappa shape index (κ3) is 6.85. The fraction of sp³-hybridized carbons (Fsp3) is 0.219. The number of carbonyl (C=O) groups excluding carboxylic acids is 1. The predicted molar refractivity (Wildman–Crippen MR) is 178 cm³/mol. The smallest absolute Gasteiger partial charge is 0.338 e. The van der Waals surface area contributed by atoms with E-state index in [1.54, 1.807) is 42.7 Å². The van der Waals surface area contributed by atoms with Crippen LogP contribution >= 0.6 is 57.1 Å². The van der Waals surface area contributed by atoms with E-state index < -0.39 is 12.0 Å². The van der Waals surface area contributed by atoms with Crippen molar-refractivity contribution in [2.24, 2.45) is 4.99 Å². The molecule has 0 aliphatic carbocycles. The molecule has 0 saturated carbocycles. The largest absolute Gasteiger partial charge is 0.494 e. The highest BCUT2D eigenvalue weighted by Crippen LogP contribution is 2.33. The van der Waals surface area contributed by atoms with Crippen LogP contribution in [0.15, 0.2) is 81.7 Å². The lowest BCUT2D eigenvalue weighted by atomic mass is 9.96. The highest BCUT2D eigenvalue weighted by Gasteiger charge is 2.33. The molecule has 222 valence electrons. The number of fused-ring (bicyclic) bond motifs is 1. The van der Waals surface area contributed by atoms with Crippen LogP contribution in [0, 0.1) is 3.57 Å². The number of halogens is 3. The van der Waals surface area contributed by atoms with E-state index in [2.05, 4.69) is 27.6 Å². The molecule has 1 aliphatic rings. The summed E-state index contributed by atoms with van der Waals surface area (Å²) in [6, 6.07) is 17.6. The molecule has 0 bridgehead atoms. The van der Waals surface area contributed by atoms with Gasteiger partial charge in [-0.1, -0.05) is 58.8 Å². The Labute approximate surface area is 276 Å². The minimum absolute atomic E-state index is 0.196. The third-order valence-corrected chi connectivity index (χ3v) is 8.86. The molecule has 43 heavy (non-hydrogen) atoms. The molecule has 7 nitrogen and oxygen atoms in total. The van der Waals surface area contributed by atoms with E-state index in [9.17, 15) is 9.59 Å². The monoisotopic (exact) mass is 748 g/mol. The van der Waals surface area contributed by atoms with Gasteiger partial charge in [-0.05, 0) is 97.0 Å². The van der Waals surface area contributed by atoms with Crippen molar-refractivity contribution in [3.05, 3.63) is 122 Å². The van der Waals surface area contributed by atoms with Gasteiger partial charge in [0.05, 0.1) is 38.6 Å². The zero-order chi connectivity index (χ0) is 30.7. The molecule has 0 N–H and O–H groups in total. The Kier molecular flexibility index (Phi) is 9.95. The van der Waals surface area contributed by atoms with Gasteiger partial charge in [-0.25, -0.2) is 9.79 Å². The van der Waals surface area contributed by atoms with Crippen LogP contribution in [0.25, 0.3) is 6.08 Å². The highest BCUT2D eigenvalue weighted by atomic mass is 127. The van der Waals surface area contributed by atoms with Crippen LogP contribution in [-0.4, -0.2) is 23.8 Å². The predicted octanol–water partition coefficient (Wildman–Crippen LogP) is 6.69. The van der Waals surface area contributed by atoms with Crippen molar-refractivity contribution in [1.29, 1.82) is 0 Å². The molecule has 1 aromatic heterocycles. The van der Waals surface area contributed by atoms with Crippen molar-refractivity contribution < 1.29 is 19.0 Å². The Bertz CT molecular complexity index is 1900. The number of thiazole rings is 1. The highest BCUT2D eigenvalue weighted by molar-refractivity contribution is 14.1. The van der Waals surface area contributed by atoms with Gasteiger partial charge in [-0.2, -0.15) is 0 Å². The van der Waals surface area contributed by atoms with Gasteiger partial charge in [0, 0.05) is 15.6 Å². The maximum Gasteiger partial charge on any atom is 0.338 e. The molecule has 0 radical (unpaired) electrons. The van der Waals surface area contributed by atoms with Crippen LogP contribution in [0.2, 0.25) is 10.0 Å². The molecular formula is C32H27Cl2IN2O5S. The Balaban J connectivity index is 1.63. The first-order chi connectivity index (χ1) is 20.7. The summed E-state index contributed by atoms with van der Waals surface area (Å²) < 4.78 is 20.0. The number of carbonyl (C=O) groups is 1. The molecule has 0 unspecified atom stereocenters. The minimum Gasteiger partial charge on any atom is -0.494 e. The summed E-state index contributed by atoms with van der Waals surface area (Å²) in [6.07, 6.45) is 1.75. The van der Waals surface area contributed by atoms with Crippen molar-refractivity contribution in [2.45, 2.75) is 33.4 Å². The van der Waals surface area contributed by atoms with Crippen LogP contribution in [-0.2, 0) is 16.1 Å². The van der Waals surface area contributed by atoms with E-state index in [-0.39, 0.29) is 18.8 Å². The standard InChI is InChI=1S/C32H27Cl2IN2O5S/c1-4-40-24-11-9-20(10-12-24)28-27(31(39)41-5-2)18(3)36-32-37(28)30(38)26(43-32)15-21-14-23(34)16-25(35)29(21)42-17-19-7-6-8-22(33)13-19/h6-16,28H,4-5,17H2,1-3H3/b26-15-/t28-/m1/s1. The number of rotatable bonds is 9. The summed E-state index contributed by atoms with van der Waals surface area (Å²) in [4.78, 5) is 32.4. The number of hydrogen-bond acceptors (Lipinski definition) is 7. The van der Waals surface area contributed by atoms with Crippen molar-refractivity contribution in [3.8, 4) is 11.5 Å². The first-order valence-corrected chi connectivity index (χ1v) is 16.1. The van der Waals surface area contributed by atoms with Gasteiger partial charge in [-0.3, -0.25) is 9.36 Å². The lowest BCUT2D eigenvalue weighted by Crippen LogP contribution is -2.39. The molecular weight excluding hydrogens is 722 g/mol. The van der Waals surface area contributed by atoms with Gasteiger partial charge < -0.3 is 14.2 Å². The van der Waals surface area contributed by atoms with Crippen LogP contribution in [0.5, 0.6) is 11.5 Å². The SMILES string of the molecule is CCOC(=O)C1=C(C)N=c2s/c(=C\c3cc(Cl)cc(I)c3OCc3cccc(Cl)c3)c(=O)n2[C@@H]1c1ccc(OCC)cc1. The van der Waals surface area contributed by atoms with Gasteiger partial charge in [0.25, 0.3) is 5.56 Å². The van der Waals surface area contributed by atoms with Gasteiger partial charge in [0.1, 0.15) is 18.1 Å².